The fourth-order valence-corrected chi connectivity index (χ4v) is 9.86. The van der Waals surface area contributed by atoms with Gasteiger partial charge in [0, 0.05) is 34.4 Å². The number of rotatable bonds is 9. The standard InChI is InChI=1S/C43H32N4O9S2/c1-23-19-27(20-24(2)42(23)55-57(51,52)37-13-7-10-31-29(37)15-17-34(46-44)40(31)49)39(33-9-5-6-12-36(33)48)28-21-25(3)43(26(4)22-28)56-58(53,54)38-14-8-11-32-30(38)16-18-35(47-45)41(32)50/h5-22,39H,1-4H3,(H-2,48,49,50). The summed E-state index contributed by atoms with van der Waals surface area (Å²) in [5.74, 6) is -1.83. The van der Waals surface area contributed by atoms with E-state index in [2.05, 4.69) is 9.95 Å². The van der Waals surface area contributed by atoms with Crippen LogP contribution in [0.25, 0.3) is 31.5 Å². The first kappa shape index (κ1) is 39.1. The molecule has 0 heterocycles. The van der Waals surface area contributed by atoms with Crippen LogP contribution in [0.15, 0.2) is 119 Å². The first-order chi connectivity index (χ1) is 27.6. The van der Waals surface area contributed by atoms with Crippen LogP contribution in [0.5, 0.6) is 28.7 Å². The van der Waals surface area contributed by atoms with Crippen molar-refractivity contribution in [3.63, 3.8) is 0 Å². The topological polar surface area (TPSA) is 209 Å². The van der Waals surface area contributed by atoms with Crippen LogP contribution < -0.4 is 18.6 Å². The molecule has 0 fully saturated rings. The summed E-state index contributed by atoms with van der Waals surface area (Å²) in [7, 11) is -9.00. The number of aromatic hydroxyl groups is 1. The highest BCUT2D eigenvalue weighted by Gasteiger charge is 2.28. The molecule has 0 saturated heterocycles. The number of para-hydroxylation sites is 1. The molecule has 7 rings (SSSR count). The van der Waals surface area contributed by atoms with Crippen LogP contribution >= 0.6 is 0 Å². The zero-order chi connectivity index (χ0) is 41.7. The maximum Gasteiger partial charge on any atom is 0.378 e. The van der Waals surface area contributed by atoms with Crippen molar-refractivity contribution in [2.75, 3.05) is 0 Å². The number of hydrogen-bond acceptors (Lipinski definition) is 11. The van der Waals surface area contributed by atoms with Gasteiger partial charge in [-0.1, -0.05) is 66.7 Å². The fourth-order valence-electron chi connectivity index (χ4n) is 7.33. The van der Waals surface area contributed by atoms with Gasteiger partial charge in [-0.25, -0.2) is 0 Å². The van der Waals surface area contributed by atoms with E-state index in [-0.39, 0.29) is 60.0 Å². The molecule has 0 aromatic heterocycles. The summed E-state index contributed by atoms with van der Waals surface area (Å²) in [4.78, 5) is 5.45. The summed E-state index contributed by atoms with van der Waals surface area (Å²) in [6.45, 7) is 6.71. The van der Waals surface area contributed by atoms with Gasteiger partial charge in [0.15, 0.2) is 9.95 Å². The van der Waals surface area contributed by atoms with E-state index in [1.165, 1.54) is 60.7 Å². The van der Waals surface area contributed by atoms with Crippen molar-refractivity contribution < 1.29 is 40.5 Å². The lowest BCUT2D eigenvalue weighted by Gasteiger charge is -2.24. The maximum atomic E-state index is 13.8. The van der Waals surface area contributed by atoms with Crippen LogP contribution in [0.2, 0.25) is 0 Å². The molecule has 0 spiro atoms. The van der Waals surface area contributed by atoms with Crippen LogP contribution in [0.1, 0.15) is 44.9 Å². The van der Waals surface area contributed by atoms with Crippen LogP contribution in [0, 0.1) is 38.5 Å². The summed E-state index contributed by atoms with van der Waals surface area (Å²) in [5, 5.41) is 55.3. The van der Waals surface area contributed by atoms with Crippen molar-refractivity contribution in [3.8, 4) is 28.7 Å². The molecule has 0 atom stereocenters. The summed E-state index contributed by atoms with van der Waals surface area (Å²) in [6.07, 6.45) is 0. The molecule has 0 aliphatic rings. The zero-order valence-corrected chi connectivity index (χ0v) is 32.9. The largest absolute Gasteiger partial charge is 0.867 e. The van der Waals surface area contributed by atoms with Crippen LogP contribution in [-0.4, -0.2) is 21.9 Å². The molecule has 1 N–H and O–H groups in total. The minimum atomic E-state index is -4.50. The van der Waals surface area contributed by atoms with Gasteiger partial charge >= 0.3 is 31.6 Å². The predicted octanol–water partition coefficient (Wildman–Crippen LogP) is 8.76. The molecule has 13 nitrogen and oxygen atoms in total. The van der Waals surface area contributed by atoms with Gasteiger partial charge in [0.05, 0.1) is 0 Å². The number of fused-ring (bicyclic) bond motifs is 2. The molecule has 0 bridgehead atoms. The van der Waals surface area contributed by atoms with Gasteiger partial charge in [0.1, 0.15) is 27.0 Å². The highest BCUT2D eigenvalue weighted by Crippen LogP contribution is 2.43. The Bertz CT molecular complexity index is 2940. The Morgan fingerprint density at radius 3 is 1.33 bits per heavy atom. The first-order valence-corrected chi connectivity index (χ1v) is 20.4. The molecule has 0 radical (unpaired) electrons. The highest BCUT2D eigenvalue weighted by molar-refractivity contribution is 7.87. The molecule has 0 amide bonds. The van der Waals surface area contributed by atoms with Gasteiger partial charge in [0.2, 0.25) is 10.8 Å². The average Bonchev–Trinajstić information content (AvgIpc) is 3.18. The van der Waals surface area contributed by atoms with Crippen molar-refractivity contribution in [2.24, 2.45) is 0 Å². The highest BCUT2D eigenvalue weighted by atomic mass is 32.2. The number of phenolic OH excluding ortho intramolecular Hbond substituents is 1. The van der Waals surface area contributed by atoms with E-state index in [0.29, 0.717) is 38.9 Å². The van der Waals surface area contributed by atoms with Gasteiger partial charge in [0.25, 0.3) is 0 Å². The molecule has 290 valence electrons. The normalized spacial score (nSPS) is 11.7. The lowest BCUT2D eigenvalue weighted by molar-refractivity contribution is -0.265. The fraction of sp³-hybridized carbons (Fsp3) is 0.116. The van der Waals surface area contributed by atoms with Crippen molar-refractivity contribution in [1.82, 2.24) is 0 Å². The second kappa shape index (κ2) is 14.7. The Kier molecular flexibility index (Phi) is 9.90. The molecule has 7 aromatic rings. The minimum absolute atomic E-state index is 0.0133. The minimum Gasteiger partial charge on any atom is -0.867 e. The molecule has 0 unspecified atom stereocenters. The van der Waals surface area contributed by atoms with Gasteiger partial charge in [-0.15, -0.1) is 0 Å². The first-order valence-electron chi connectivity index (χ1n) is 17.6. The molecule has 58 heavy (non-hydrogen) atoms. The van der Waals surface area contributed by atoms with E-state index in [9.17, 15) is 42.9 Å². The molecule has 15 heteroatoms. The van der Waals surface area contributed by atoms with Gasteiger partial charge < -0.3 is 23.7 Å². The monoisotopic (exact) mass is 812 g/mol. The SMILES string of the molecule is Cc1cc(C(c2cc(C)c(OS(=O)(=O)c3cccc4c([O-])c([N+]#N)ccc34)c(C)c2)c2ccccc2O)cc(C)c1OS(=O)(=O)c1cccc2c([O-])c([N+]#N)ccc12. The van der Waals surface area contributed by atoms with Crippen molar-refractivity contribution in [2.45, 2.75) is 43.4 Å². The summed E-state index contributed by atoms with van der Waals surface area (Å²) >= 11 is 0. The number of diazo groups is 2. The van der Waals surface area contributed by atoms with E-state index in [0.717, 1.165) is 0 Å². The van der Waals surface area contributed by atoms with Gasteiger partial charge in [-0.05, 0) is 114 Å². The van der Waals surface area contributed by atoms with Crippen molar-refractivity contribution in [1.29, 1.82) is 10.8 Å². The quantitative estimate of drug-likeness (QED) is 0.0827. The van der Waals surface area contributed by atoms with E-state index in [1.807, 2.05) is 0 Å². The van der Waals surface area contributed by atoms with E-state index in [1.54, 1.807) is 76.2 Å². The second-order valence-corrected chi connectivity index (χ2v) is 16.8. The lowest BCUT2D eigenvalue weighted by Crippen LogP contribution is -2.14. The van der Waals surface area contributed by atoms with Gasteiger partial charge in [-0.3, -0.25) is 0 Å². The second-order valence-electron chi connectivity index (χ2n) is 13.8. The Hall–Kier alpha value is -7.20. The maximum absolute atomic E-state index is 13.8. The Morgan fingerprint density at radius 2 is 0.948 bits per heavy atom. The summed E-state index contributed by atoms with van der Waals surface area (Å²) < 4.78 is 66.6. The van der Waals surface area contributed by atoms with Crippen LogP contribution in [-0.2, 0) is 20.2 Å². The molecule has 0 aliphatic carbocycles. The Balaban J connectivity index is 1.28. The lowest BCUT2D eigenvalue weighted by atomic mass is 9.82. The molecule has 0 saturated carbocycles. The van der Waals surface area contributed by atoms with Gasteiger partial charge in [-0.2, -0.15) is 16.8 Å². The van der Waals surface area contributed by atoms with E-state index in [4.69, 9.17) is 8.37 Å². The van der Waals surface area contributed by atoms with Crippen LogP contribution in [0.4, 0.5) is 11.4 Å². The zero-order valence-electron chi connectivity index (χ0n) is 31.3. The average molecular weight is 813 g/mol. The summed E-state index contributed by atoms with van der Waals surface area (Å²) in [5.41, 5.74) is 3.13. The van der Waals surface area contributed by atoms with Crippen LogP contribution in [0.3, 0.4) is 0 Å². The third-order valence-corrected chi connectivity index (χ3v) is 12.5. The van der Waals surface area contributed by atoms with Crippen molar-refractivity contribution in [3.05, 3.63) is 158 Å². The number of nitrogens with zero attached hydrogens (tertiary/aromatic N) is 4. The molecule has 7 aromatic carbocycles. The number of aryl methyl sites for hydroxylation is 4. The number of benzene rings is 7. The smallest absolute Gasteiger partial charge is 0.378 e. The number of phenols is 1. The van der Waals surface area contributed by atoms with E-state index < -0.39 is 37.7 Å². The predicted molar refractivity (Wildman–Crippen MR) is 213 cm³/mol. The molecule has 0 aliphatic heterocycles. The number of hydrogen-bond donors (Lipinski definition) is 1. The third kappa shape index (κ3) is 6.83. The van der Waals surface area contributed by atoms with Crippen molar-refractivity contribution >= 4 is 53.2 Å². The molecular weight excluding hydrogens is 781 g/mol. The van der Waals surface area contributed by atoms with E-state index >= 15 is 0 Å². The Labute approximate surface area is 333 Å². The Morgan fingerprint density at radius 1 is 0.552 bits per heavy atom. The summed E-state index contributed by atoms with van der Waals surface area (Å²) in [6, 6.07) is 27.2. The third-order valence-electron chi connectivity index (χ3n) is 9.92. The molecular formula is C43H32N4O9S2.